The minimum absolute atomic E-state index is 0.105. The lowest BCUT2D eigenvalue weighted by Gasteiger charge is -2.30. The molecule has 3 atom stereocenters. The molecular formula is C21H26ClNO6. The largest absolute Gasteiger partial charge is 0.465 e. The summed E-state index contributed by atoms with van der Waals surface area (Å²) in [6.07, 6.45) is 3.50. The SMILES string of the molecule is COC(=O)c1cc2c(cc1C1=C[C@H](CCN(C)Cl)C[C@@H]3OC(C)(C)O[C@H]13)OCO2. The Morgan fingerprint density at radius 2 is 2.00 bits per heavy atom. The van der Waals surface area contributed by atoms with Crippen LogP contribution in [0, 0.1) is 5.92 Å². The van der Waals surface area contributed by atoms with Crippen molar-refractivity contribution < 1.29 is 28.5 Å². The van der Waals surface area contributed by atoms with E-state index in [9.17, 15) is 4.79 Å². The molecule has 2 heterocycles. The van der Waals surface area contributed by atoms with Crippen molar-refractivity contribution in [1.29, 1.82) is 0 Å². The van der Waals surface area contributed by atoms with E-state index in [1.165, 1.54) is 7.11 Å². The van der Waals surface area contributed by atoms with Gasteiger partial charge in [-0.15, -0.1) is 0 Å². The normalized spacial score (nSPS) is 27.0. The molecule has 4 rings (SSSR count). The number of hydrogen-bond donors (Lipinski definition) is 0. The zero-order valence-corrected chi connectivity index (χ0v) is 17.8. The lowest BCUT2D eigenvalue weighted by molar-refractivity contribution is -0.143. The monoisotopic (exact) mass is 423 g/mol. The molecule has 0 aromatic heterocycles. The van der Waals surface area contributed by atoms with Gasteiger partial charge in [0, 0.05) is 13.6 Å². The molecule has 29 heavy (non-hydrogen) atoms. The van der Waals surface area contributed by atoms with E-state index in [4.69, 9.17) is 35.5 Å². The Labute approximate surface area is 175 Å². The van der Waals surface area contributed by atoms with Crippen LogP contribution in [0.1, 0.15) is 42.6 Å². The van der Waals surface area contributed by atoms with Gasteiger partial charge in [0.1, 0.15) is 6.10 Å². The third kappa shape index (κ3) is 4.10. The van der Waals surface area contributed by atoms with Gasteiger partial charge in [-0.1, -0.05) is 6.08 Å². The summed E-state index contributed by atoms with van der Waals surface area (Å²) in [7, 11) is 3.20. The van der Waals surface area contributed by atoms with Crippen molar-refractivity contribution in [2.45, 2.75) is 44.7 Å². The number of carbonyl (C=O) groups is 1. The molecule has 1 fully saturated rings. The molecule has 0 N–H and O–H groups in total. The van der Waals surface area contributed by atoms with E-state index in [0.717, 1.165) is 30.5 Å². The molecule has 0 unspecified atom stereocenters. The molecule has 0 spiro atoms. The van der Waals surface area contributed by atoms with Gasteiger partial charge >= 0.3 is 5.97 Å². The van der Waals surface area contributed by atoms with Crippen LogP contribution in [0.3, 0.4) is 0 Å². The second kappa shape index (κ2) is 7.80. The standard InChI is InChI=1S/C21H26ClNO6/c1-21(2)28-18-8-12(5-6-23(3)22)7-14(19(18)29-21)13-9-16-17(27-11-26-16)10-15(13)20(24)25-4/h7,9-10,12,18-19H,5-6,8,11H2,1-4H3/t12-,18-,19+/m0/s1. The van der Waals surface area contributed by atoms with Crippen LogP contribution in [0.4, 0.5) is 0 Å². The molecule has 1 aromatic rings. The number of benzene rings is 1. The van der Waals surface area contributed by atoms with Crippen LogP contribution in [-0.2, 0) is 14.2 Å². The number of nitrogens with zero attached hydrogens (tertiary/aromatic N) is 1. The number of rotatable bonds is 5. The van der Waals surface area contributed by atoms with E-state index < -0.39 is 11.8 Å². The molecule has 1 aromatic carbocycles. The third-order valence-electron chi connectivity index (χ3n) is 5.48. The van der Waals surface area contributed by atoms with E-state index in [2.05, 4.69) is 6.08 Å². The molecule has 7 nitrogen and oxygen atoms in total. The smallest absolute Gasteiger partial charge is 0.338 e. The Hall–Kier alpha value is -1.80. The van der Waals surface area contributed by atoms with Crippen molar-refractivity contribution in [3.05, 3.63) is 29.3 Å². The second-order valence-electron chi connectivity index (χ2n) is 8.07. The number of fused-ring (bicyclic) bond motifs is 2. The molecule has 158 valence electrons. The van der Waals surface area contributed by atoms with Gasteiger partial charge in [-0.3, -0.25) is 0 Å². The number of esters is 1. The predicted molar refractivity (Wildman–Crippen MR) is 107 cm³/mol. The van der Waals surface area contributed by atoms with Crippen molar-refractivity contribution >= 4 is 23.3 Å². The maximum absolute atomic E-state index is 12.6. The molecule has 2 aliphatic heterocycles. The average molecular weight is 424 g/mol. The Bertz CT molecular complexity index is 837. The van der Waals surface area contributed by atoms with Gasteiger partial charge in [-0.2, -0.15) is 0 Å². The quantitative estimate of drug-likeness (QED) is 0.529. The van der Waals surface area contributed by atoms with Crippen LogP contribution >= 0.6 is 11.8 Å². The maximum Gasteiger partial charge on any atom is 0.338 e. The first-order valence-corrected chi connectivity index (χ1v) is 10.1. The first-order valence-electron chi connectivity index (χ1n) is 9.74. The topological polar surface area (TPSA) is 66.5 Å². The van der Waals surface area contributed by atoms with Gasteiger partial charge in [-0.25, -0.2) is 9.21 Å². The molecule has 3 aliphatic rings. The van der Waals surface area contributed by atoms with Gasteiger partial charge in [-0.05, 0) is 67.7 Å². The summed E-state index contributed by atoms with van der Waals surface area (Å²) in [4.78, 5) is 12.6. The maximum atomic E-state index is 12.6. The molecule has 0 bridgehead atoms. The highest BCUT2D eigenvalue weighted by molar-refractivity contribution is 6.13. The van der Waals surface area contributed by atoms with Crippen molar-refractivity contribution in [3.63, 3.8) is 0 Å². The van der Waals surface area contributed by atoms with Crippen molar-refractivity contribution in [1.82, 2.24) is 4.42 Å². The Morgan fingerprint density at radius 1 is 1.28 bits per heavy atom. The summed E-state index contributed by atoms with van der Waals surface area (Å²) in [6.45, 7) is 4.68. The zero-order valence-electron chi connectivity index (χ0n) is 17.1. The van der Waals surface area contributed by atoms with Crippen LogP contribution in [-0.4, -0.2) is 55.9 Å². The van der Waals surface area contributed by atoms with Crippen molar-refractivity contribution in [2.24, 2.45) is 5.92 Å². The first kappa shape index (κ1) is 20.5. The highest BCUT2D eigenvalue weighted by atomic mass is 35.5. The molecular weight excluding hydrogens is 398 g/mol. The van der Waals surface area contributed by atoms with Gasteiger partial charge < -0.3 is 23.7 Å². The Morgan fingerprint density at radius 3 is 2.69 bits per heavy atom. The van der Waals surface area contributed by atoms with Crippen LogP contribution in [0.5, 0.6) is 11.5 Å². The molecule has 1 aliphatic carbocycles. The van der Waals surface area contributed by atoms with Gasteiger partial charge in [0.2, 0.25) is 6.79 Å². The molecule has 1 saturated heterocycles. The van der Waals surface area contributed by atoms with Crippen LogP contribution in [0.2, 0.25) is 0 Å². The molecule has 0 radical (unpaired) electrons. The van der Waals surface area contributed by atoms with E-state index >= 15 is 0 Å². The molecule has 8 heteroatoms. The van der Waals surface area contributed by atoms with Gasteiger partial charge in [0.25, 0.3) is 0 Å². The highest BCUT2D eigenvalue weighted by Crippen LogP contribution is 2.46. The van der Waals surface area contributed by atoms with Gasteiger partial charge in [0.05, 0.1) is 18.8 Å². The van der Waals surface area contributed by atoms with Crippen LogP contribution in [0.25, 0.3) is 5.57 Å². The van der Waals surface area contributed by atoms with Crippen LogP contribution < -0.4 is 9.47 Å². The van der Waals surface area contributed by atoms with Gasteiger partial charge in [0.15, 0.2) is 17.3 Å². The highest BCUT2D eigenvalue weighted by Gasteiger charge is 2.47. The summed E-state index contributed by atoms with van der Waals surface area (Å²) in [5.41, 5.74) is 2.05. The van der Waals surface area contributed by atoms with E-state index in [0.29, 0.717) is 17.1 Å². The van der Waals surface area contributed by atoms with Crippen LogP contribution in [0.15, 0.2) is 18.2 Å². The predicted octanol–water partition coefficient (Wildman–Crippen LogP) is 3.60. The average Bonchev–Trinajstić information content (AvgIpc) is 3.25. The fourth-order valence-corrected chi connectivity index (χ4v) is 4.33. The van der Waals surface area contributed by atoms with E-state index in [1.807, 2.05) is 27.0 Å². The minimum Gasteiger partial charge on any atom is -0.465 e. The molecule has 0 amide bonds. The number of hydrogen-bond acceptors (Lipinski definition) is 7. The van der Waals surface area contributed by atoms with Crippen molar-refractivity contribution in [2.75, 3.05) is 27.5 Å². The molecule has 0 saturated carbocycles. The number of carbonyl (C=O) groups excluding carboxylic acids is 1. The first-order chi connectivity index (χ1) is 13.8. The second-order valence-corrected chi connectivity index (χ2v) is 8.65. The lowest BCUT2D eigenvalue weighted by Crippen LogP contribution is -2.32. The van der Waals surface area contributed by atoms with Crippen molar-refractivity contribution in [3.8, 4) is 11.5 Å². The summed E-state index contributed by atoms with van der Waals surface area (Å²) in [6, 6.07) is 3.51. The minimum atomic E-state index is -0.700. The summed E-state index contributed by atoms with van der Waals surface area (Å²) in [5, 5.41) is 0. The number of methoxy groups -OCH3 is 1. The Kier molecular flexibility index (Phi) is 5.50. The van der Waals surface area contributed by atoms with E-state index in [1.54, 1.807) is 10.5 Å². The summed E-state index contributed by atoms with van der Waals surface area (Å²) in [5.74, 6) is 0.239. The number of ether oxygens (including phenoxy) is 5. The number of halogens is 1. The lowest BCUT2D eigenvalue weighted by atomic mass is 9.80. The summed E-state index contributed by atoms with van der Waals surface area (Å²) < 4.78 is 30.1. The number of allylic oxidation sites excluding steroid dienone is 1. The fraction of sp³-hybridized carbons (Fsp3) is 0.571. The third-order valence-corrected chi connectivity index (χ3v) is 5.65. The zero-order chi connectivity index (χ0) is 20.8. The van der Waals surface area contributed by atoms with E-state index in [-0.39, 0.29) is 24.9 Å². The summed E-state index contributed by atoms with van der Waals surface area (Å²) >= 11 is 6.02. The Balaban J connectivity index is 1.78. The fourth-order valence-electron chi connectivity index (χ4n) is 4.23.